The second-order valence-electron chi connectivity index (χ2n) is 4.38. The first kappa shape index (κ1) is 14.9. The van der Waals surface area contributed by atoms with E-state index in [1.54, 1.807) is 30.8 Å². The summed E-state index contributed by atoms with van der Waals surface area (Å²) < 4.78 is 19.1. The van der Waals surface area contributed by atoms with Crippen molar-refractivity contribution >= 4 is 11.8 Å². The SMILES string of the molecule is C[C@H](O)c1ccc(OCCSc2ccccc2)c(F)c1. The van der Waals surface area contributed by atoms with Gasteiger partial charge >= 0.3 is 0 Å². The standard InChI is InChI=1S/C16H17FO2S/c1-12(18)13-7-8-16(15(17)11-13)19-9-10-20-14-5-3-2-4-6-14/h2-8,11-12,18H,9-10H2,1H3/t12-/m0/s1. The van der Waals surface area contributed by atoms with E-state index >= 15 is 0 Å². The summed E-state index contributed by atoms with van der Waals surface area (Å²) in [6, 6.07) is 14.5. The lowest BCUT2D eigenvalue weighted by Gasteiger charge is -2.10. The maximum atomic E-state index is 13.7. The smallest absolute Gasteiger partial charge is 0.165 e. The van der Waals surface area contributed by atoms with Crippen LogP contribution < -0.4 is 4.74 Å². The van der Waals surface area contributed by atoms with Crippen molar-refractivity contribution in [2.75, 3.05) is 12.4 Å². The zero-order valence-electron chi connectivity index (χ0n) is 11.3. The van der Waals surface area contributed by atoms with Crippen molar-refractivity contribution in [3.05, 3.63) is 59.9 Å². The predicted molar refractivity (Wildman–Crippen MR) is 79.7 cm³/mol. The first-order chi connectivity index (χ1) is 9.66. The molecule has 0 saturated carbocycles. The van der Waals surface area contributed by atoms with Gasteiger partial charge in [0.25, 0.3) is 0 Å². The molecule has 0 aliphatic heterocycles. The van der Waals surface area contributed by atoms with Crippen LogP contribution in [0.15, 0.2) is 53.4 Å². The van der Waals surface area contributed by atoms with Gasteiger partial charge in [0.05, 0.1) is 12.7 Å². The highest BCUT2D eigenvalue weighted by Gasteiger charge is 2.07. The van der Waals surface area contributed by atoms with E-state index in [4.69, 9.17) is 4.74 Å². The van der Waals surface area contributed by atoms with E-state index < -0.39 is 11.9 Å². The zero-order chi connectivity index (χ0) is 14.4. The van der Waals surface area contributed by atoms with Crippen molar-refractivity contribution in [2.45, 2.75) is 17.9 Å². The second kappa shape index (κ2) is 7.31. The number of aliphatic hydroxyl groups excluding tert-OH is 1. The molecule has 2 aromatic carbocycles. The van der Waals surface area contributed by atoms with Gasteiger partial charge in [0.1, 0.15) is 0 Å². The minimum atomic E-state index is -0.674. The van der Waals surface area contributed by atoms with Crippen LogP contribution in [0, 0.1) is 5.82 Å². The normalized spacial score (nSPS) is 12.2. The highest BCUT2D eigenvalue weighted by atomic mass is 32.2. The lowest BCUT2D eigenvalue weighted by Crippen LogP contribution is -2.02. The van der Waals surface area contributed by atoms with E-state index in [1.165, 1.54) is 11.0 Å². The molecule has 0 amide bonds. The largest absolute Gasteiger partial charge is 0.490 e. The van der Waals surface area contributed by atoms with Crippen molar-refractivity contribution in [3.63, 3.8) is 0 Å². The van der Waals surface area contributed by atoms with Gasteiger partial charge in [-0.05, 0) is 36.8 Å². The summed E-state index contributed by atoms with van der Waals surface area (Å²) in [5, 5.41) is 9.37. The van der Waals surface area contributed by atoms with Crippen molar-refractivity contribution in [1.29, 1.82) is 0 Å². The predicted octanol–water partition coefficient (Wildman–Crippen LogP) is 4.05. The van der Waals surface area contributed by atoms with Gasteiger partial charge in [0.2, 0.25) is 0 Å². The van der Waals surface area contributed by atoms with Crippen LogP contribution >= 0.6 is 11.8 Å². The quantitative estimate of drug-likeness (QED) is 0.643. The molecular weight excluding hydrogens is 275 g/mol. The molecule has 0 heterocycles. The molecule has 2 nitrogen and oxygen atoms in total. The van der Waals surface area contributed by atoms with E-state index in [0.29, 0.717) is 12.2 Å². The molecule has 0 radical (unpaired) electrons. The molecular formula is C16H17FO2S. The average Bonchev–Trinajstić information content (AvgIpc) is 2.46. The van der Waals surface area contributed by atoms with Crippen molar-refractivity contribution in [2.24, 2.45) is 0 Å². The maximum absolute atomic E-state index is 13.7. The van der Waals surface area contributed by atoms with E-state index in [9.17, 15) is 9.50 Å². The minimum absolute atomic E-state index is 0.225. The molecule has 0 aromatic heterocycles. The minimum Gasteiger partial charge on any atom is -0.490 e. The van der Waals surface area contributed by atoms with Crippen LogP contribution in [0.4, 0.5) is 4.39 Å². The lowest BCUT2D eigenvalue weighted by molar-refractivity contribution is 0.198. The summed E-state index contributed by atoms with van der Waals surface area (Å²) in [5.74, 6) is 0.540. The number of hydrogen-bond acceptors (Lipinski definition) is 3. The molecule has 0 spiro atoms. The first-order valence-electron chi connectivity index (χ1n) is 6.45. The van der Waals surface area contributed by atoms with Crippen LogP contribution in [-0.4, -0.2) is 17.5 Å². The van der Waals surface area contributed by atoms with Crippen LogP contribution in [0.1, 0.15) is 18.6 Å². The van der Waals surface area contributed by atoms with E-state index in [2.05, 4.69) is 0 Å². The third-order valence-electron chi connectivity index (χ3n) is 2.79. The summed E-state index contributed by atoms with van der Waals surface area (Å²) >= 11 is 1.67. The Balaban J connectivity index is 1.82. The number of hydrogen-bond donors (Lipinski definition) is 1. The van der Waals surface area contributed by atoms with Crippen LogP contribution in [0.25, 0.3) is 0 Å². The summed E-state index contributed by atoms with van der Waals surface area (Å²) in [4.78, 5) is 1.17. The van der Waals surface area contributed by atoms with Crippen LogP contribution in [-0.2, 0) is 0 Å². The summed E-state index contributed by atoms with van der Waals surface area (Å²) in [7, 11) is 0. The highest BCUT2D eigenvalue weighted by molar-refractivity contribution is 7.99. The fourth-order valence-electron chi connectivity index (χ4n) is 1.72. The van der Waals surface area contributed by atoms with E-state index in [0.717, 1.165) is 5.75 Å². The Labute approximate surface area is 122 Å². The molecule has 0 fully saturated rings. The summed E-state index contributed by atoms with van der Waals surface area (Å²) in [6.07, 6.45) is -0.674. The van der Waals surface area contributed by atoms with Gasteiger partial charge in [-0.25, -0.2) is 4.39 Å². The van der Waals surface area contributed by atoms with Gasteiger partial charge in [0.15, 0.2) is 11.6 Å². The zero-order valence-corrected chi connectivity index (χ0v) is 12.1. The number of aliphatic hydroxyl groups is 1. The van der Waals surface area contributed by atoms with Crippen molar-refractivity contribution in [3.8, 4) is 5.75 Å². The number of halogens is 1. The van der Waals surface area contributed by atoms with Gasteiger partial charge in [-0.2, -0.15) is 0 Å². The molecule has 2 rings (SSSR count). The van der Waals surface area contributed by atoms with Gasteiger partial charge in [-0.3, -0.25) is 0 Å². The van der Waals surface area contributed by atoms with E-state index in [-0.39, 0.29) is 5.75 Å². The Morgan fingerprint density at radius 3 is 2.60 bits per heavy atom. The molecule has 0 aliphatic carbocycles. The second-order valence-corrected chi connectivity index (χ2v) is 5.54. The molecule has 106 valence electrons. The lowest BCUT2D eigenvalue weighted by atomic mass is 10.1. The monoisotopic (exact) mass is 292 g/mol. The third-order valence-corrected chi connectivity index (χ3v) is 3.77. The molecule has 4 heteroatoms. The molecule has 0 bridgehead atoms. The molecule has 0 saturated heterocycles. The Bertz CT molecular complexity index is 543. The van der Waals surface area contributed by atoms with Crippen molar-refractivity contribution in [1.82, 2.24) is 0 Å². The van der Waals surface area contributed by atoms with Gasteiger partial charge in [-0.15, -0.1) is 11.8 Å². The molecule has 1 N–H and O–H groups in total. The number of benzene rings is 2. The molecule has 0 aliphatic rings. The number of rotatable bonds is 6. The van der Waals surface area contributed by atoms with Gasteiger partial charge < -0.3 is 9.84 Å². The Hall–Kier alpha value is -1.52. The Kier molecular flexibility index (Phi) is 5.44. The molecule has 20 heavy (non-hydrogen) atoms. The van der Waals surface area contributed by atoms with E-state index in [1.807, 2.05) is 30.3 Å². The average molecular weight is 292 g/mol. The topological polar surface area (TPSA) is 29.5 Å². The van der Waals surface area contributed by atoms with Crippen LogP contribution in [0.3, 0.4) is 0 Å². The fraction of sp³-hybridized carbons (Fsp3) is 0.250. The fourth-order valence-corrected chi connectivity index (χ4v) is 2.47. The third kappa shape index (κ3) is 4.25. The highest BCUT2D eigenvalue weighted by Crippen LogP contribution is 2.23. The summed E-state index contributed by atoms with van der Waals surface area (Å²) in [6.45, 7) is 2.04. The Morgan fingerprint density at radius 1 is 1.20 bits per heavy atom. The van der Waals surface area contributed by atoms with Crippen LogP contribution in [0.5, 0.6) is 5.75 Å². The molecule has 2 aromatic rings. The first-order valence-corrected chi connectivity index (χ1v) is 7.43. The summed E-state index contributed by atoms with van der Waals surface area (Å²) in [5.41, 5.74) is 0.550. The molecule has 0 unspecified atom stereocenters. The van der Waals surface area contributed by atoms with Gasteiger partial charge in [0, 0.05) is 10.6 Å². The number of thioether (sulfide) groups is 1. The van der Waals surface area contributed by atoms with Crippen molar-refractivity contribution < 1.29 is 14.2 Å². The Morgan fingerprint density at radius 2 is 1.95 bits per heavy atom. The maximum Gasteiger partial charge on any atom is 0.165 e. The molecule has 1 atom stereocenters. The number of ether oxygens (including phenoxy) is 1. The van der Waals surface area contributed by atoms with Crippen LogP contribution in [0.2, 0.25) is 0 Å². The van der Waals surface area contributed by atoms with Gasteiger partial charge in [-0.1, -0.05) is 24.3 Å².